The van der Waals surface area contributed by atoms with Crippen LogP contribution in [0, 0.1) is 12.3 Å². The highest BCUT2D eigenvalue weighted by Crippen LogP contribution is 2.31. The number of anilines is 1. The van der Waals surface area contributed by atoms with E-state index in [1.165, 1.54) is 5.56 Å². The van der Waals surface area contributed by atoms with Crippen LogP contribution < -0.4 is 5.32 Å². The summed E-state index contributed by atoms with van der Waals surface area (Å²) in [6.07, 6.45) is 6.13. The fourth-order valence-corrected chi connectivity index (χ4v) is 1.93. The second kappa shape index (κ2) is 4.99. The van der Waals surface area contributed by atoms with Crippen LogP contribution >= 0.6 is 11.6 Å². The Hall–Kier alpha value is -1.54. The Bertz CT molecular complexity index is 516. The van der Waals surface area contributed by atoms with Crippen LogP contribution in [0.3, 0.4) is 0 Å². The minimum Gasteiger partial charge on any atom is -0.325 e. The van der Waals surface area contributed by atoms with Crippen molar-refractivity contribution in [1.82, 2.24) is 0 Å². The van der Waals surface area contributed by atoms with Crippen LogP contribution in [0.2, 0.25) is 0 Å². The van der Waals surface area contributed by atoms with E-state index < -0.39 is 5.41 Å². The average Bonchev–Trinajstić information content (AvgIpc) is 2.36. The monoisotopic (exact) mass is 261 g/mol. The quantitative estimate of drug-likeness (QED) is 0.856. The first-order valence-electron chi connectivity index (χ1n) is 5.93. The number of benzene rings is 1. The summed E-state index contributed by atoms with van der Waals surface area (Å²) in [4.78, 5) is 12.2. The highest BCUT2D eigenvalue weighted by molar-refractivity contribution is 6.31. The fourth-order valence-electron chi connectivity index (χ4n) is 1.79. The number of allylic oxidation sites excluding steroid dienone is 3. The van der Waals surface area contributed by atoms with Crippen LogP contribution in [-0.4, -0.2) is 5.91 Å². The van der Waals surface area contributed by atoms with Crippen LogP contribution in [-0.2, 0) is 4.79 Å². The molecule has 0 radical (unpaired) electrons. The van der Waals surface area contributed by atoms with Crippen molar-refractivity contribution in [3.05, 3.63) is 53.1 Å². The normalized spacial score (nSPS) is 22.5. The molecule has 18 heavy (non-hydrogen) atoms. The maximum atomic E-state index is 12.2. The van der Waals surface area contributed by atoms with Crippen molar-refractivity contribution >= 4 is 23.2 Å². The topological polar surface area (TPSA) is 29.1 Å². The lowest BCUT2D eigenvalue weighted by Crippen LogP contribution is -2.32. The Kier molecular flexibility index (Phi) is 3.58. The molecule has 0 spiro atoms. The van der Waals surface area contributed by atoms with Gasteiger partial charge in [-0.1, -0.05) is 41.4 Å². The minimum absolute atomic E-state index is 0.0111. The van der Waals surface area contributed by atoms with Gasteiger partial charge in [-0.15, -0.1) is 0 Å². The van der Waals surface area contributed by atoms with Gasteiger partial charge >= 0.3 is 0 Å². The third kappa shape index (κ3) is 2.82. The van der Waals surface area contributed by atoms with Crippen molar-refractivity contribution in [1.29, 1.82) is 0 Å². The standard InChI is InChI=1S/C15H16ClNO/c1-11-3-5-13(6-4-11)17-14(18)15(2)9-7-12(16)8-10-15/h3-9H,10H2,1-2H3,(H,17,18). The van der Waals surface area contributed by atoms with Crippen molar-refractivity contribution in [3.8, 4) is 0 Å². The second-order valence-corrected chi connectivity index (χ2v) is 5.30. The van der Waals surface area contributed by atoms with Crippen molar-refractivity contribution in [2.75, 3.05) is 5.32 Å². The maximum Gasteiger partial charge on any atom is 0.234 e. The lowest BCUT2D eigenvalue weighted by atomic mass is 9.83. The number of carbonyl (C=O) groups is 1. The zero-order valence-electron chi connectivity index (χ0n) is 10.5. The Morgan fingerprint density at radius 3 is 2.56 bits per heavy atom. The van der Waals surface area contributed by atoms with Gasteiger partial charge in [0, 0.05) is 10.7 Å². The van der Waals surface area contributed by atoms with Gasteiger partial charge in [0.15, 0.2) is 0 Å². The number of rotatable bonds is 2. The molecule has 2 nitrogen and oxygen atoms in total. The highest BCUT2D eigenvalue weighted by atomic mass is 35.5. The lowest BCUT2D eigenvalue weighted by Gasteiger charge is -2.25. The molecule has 1 amide bonds. The maximum absolute atomic E-state index is 12.2. The predicted molar refractivity (Wildman–Crippen MR) is 75.6 cm³/mol. The van der Waals surface area contributed by atoms with Crippen molar-refractivity contribution in [2.45, 2.75) is 20.3 Å². The Labute approximate surface area is 112 Å². The van der Waals surface area contributed by atoms with E-state index in [-0.39, 0.29) is 5.91 Å². The number of amides is 1. The molecule has 1 aliphatic carbocycles. The van der Waals surface area contributed by atoms with Gasteiger partial charge in [0.25, 0.3) is 0 Å². The van der Waals surface area contributed by atoms with Crippen molar-refractivity contribution in [3.63, 3.8) is 0 Å². The van der Waals surface area contributed by atoms with Gasteiger partial charge in [-0.3, -0.25) is 4.79 Å². The molecule has 1 atom stereocenters. The van der Waals surface area contributed by atoms with E-state index in [4.69, 9.17) is 11.6 Å². The summed E-state index contributed by atoms with van der Waals surface area (Å²) in [6.45, 7) is 3.93. The van der Waals surface area contributed by atoms with Crippen LogP contribution in [0.4, 0.5) is 5.69 Å². The molecule has 1 aliphatic rings. The Balaban J connectivity index is 2.09. The summed E-state index contributed by atoms with van der Waals surface area (Å²) in [7, 11) is 0. The Morgan fingerprint density at radius 2 is 2.00 bits per heavy atom. The largest absolute Gasteiger partial charge is 0.325 e. The molecule has 1 aromatic carbocycles. The molecule has 1 N–H and O–H groups in total. The molecule has 1 aromatic rings. The summed E-state index contributed by atoms with van der Waals surface area (Å²) < 4.78 is 0. The number of carbonyl (C=O) groups excluding carboxylic acids is 1. The van der Waals surface area contributed by atoms with E-state index in [9.17, 15) is 4.79 Å². The number of nitrogens with one attached hydrogen (secondary N) is 1. The van der Waals surface area contributed by atoms with Crippen LogP contribution in [0.5, 0.6) is 0 Å². The SMILES string of the molecule is Cc1ccc(NC(=O)C2(C)C=CC(Cl)=CC2)cc1. The third-order valence-corrected chi connectivity index (χ3v) is 3.44. The molecule has 0 saturated heterocycles. The van der Waals surface area contributed by atoms with Gasteiger partial charge in [-0.2, -0.15) is 0 Å². The van der Waals surface area contributed by atoms with E-state index in [0.717, 1.165) is 5.69 Å². The fraction of sp³-hybridized carbons (Fsp3) is 0.267. The summed E-state index contributed by atoms with van der Waals surface area (Å²) in [5.74, 6) is -0.0111. The average molecular weight is 262 g/mol. The van der Waals surface area contributed by atoms with Gasteiger partial charge in [0.05, 0.1) is 5.41 Å². The molecule has 94 valence electrons. The lowest BCUT2D eigenvalue weighted by molar-refractivity contribution is -0.122. The molecular weight excluding hydrogens is 246 g/mol. The van der Waals surface area contributed by atoms with E-state index in [1.54, 1.807) is 6.08 Å². The number of aryl methyl sites for hydroxylation is 1. The molecule has 0 fully saturated rings. The van der Waals surface area contributed by atoms with Gasteiger partial charge in [-0.25, -0.2) is 0 Å². The van der Waals surface area contributed by atoms with E-state index in [1.807, 2.05) is 50.3 Å². The minimum atomic E-state index is -0.525. The zero-order valence-corrected chi connectivity index (χ0v) is 11.3. The summed E-state index contributed by atoms with van der Waals surface area (Å²) in [6, 6.07) is 7.77. The highest BCUT2D eigenvalue weighted by Gasteiger charge is 2.31. The van der Waals surface area contributed by atoms with Crippen LogP contribution in [0.15, 0.2) is 47.5 Å². The first kappa shape index (κ1) is 12.9. The summed E-state index contributed by atoms with van der Waals surface area (Å²) >= 11 is 5.87. The molecular formula is C15H16ClNO. The van der Waals surface area contributed by atoms with Crippen molar-refractivity contribution in [2.24, 2.45) is 5.41 Å². The number of hydrogen-bond donors (Lipinski definition) is 1. The van der Waals surface area contributed by atoms with E-state index in [0.29, 0.717) is 11.5 Å². The first-order valence-corrected chi connectivity index (χ1v) is 6.30. The van der Waals surface area contributed by atoms with Gasteiger partial charge in [0.2, 0.25) is 5.91 Å². The molecule has 2 rings (SSSR count). The molecule has 3 heteroatoms. The molecule has 0 saturated carbocycles. The Morgan fingerprint density at radius 1 is 1.33 bits per heavy atom. The smallest absolute Gasteiger partial charge is 0.234 e. The molecule has 0 heterocycles. The van der Waals surface area contributed by atoms with E-state index in [2.05, 4.69) is 5.32 Å². The predicted octanol–water partition coefficient (Wildman–Crippen LogP) is 4.02. The van der Waals surface area contributed by atoms with Crippen LogP contribution in [0.1, 0.15) is 18.9 Å². The molecule has 0 bridgehead atoms. The number of halogens is 1. The molecule has 0 aromatic heterocycles. The second-order valence-electron chi connectivity index (χ2n) is 4.86. The van der Waals surface area contributed by atoms with E-state index >= 15 is 0 Å². The zero-order chi connectivity index (χ0) is 13.2. The summed E-state index contributed by atoms with van der Waals surface area (Å²) in [5.41, 5.74) is 1.47. The van der Waals surface area contributed by atoms with Gasteiger partial charge < -0.3 is 5.32 Å². The summed E-state index contributed by atoms with van der Waals surface area (Å²) in [5, 5.41) is 3.62. The van der Waals surface area contributed by atoms with Gasteiger partial charge in [-0.05, 0) is 38.5 Å². The molecule has 1 unspecified atom stereocenters. The number of hydrogen-bond acceptors (Lipinski definition) is 1. The van der Waals surface area contributed by atoms with Gasteiger partial charge in [0.1, 0.15) is 0 Å². The van der Waals surface area contributed by atoms with Crippen molar-refractivity contribution < 1.29 is 4.79 Å². The molecule has 0 aliphatic heterocycles. The van der Waals surface area contributed by atoms with Crippen LogP contribution in [0.25, 0.3) is 0 Å². The first-order chi connectivity index (χ1) is 8.49. The third-order valence-electron chi connectivity index (χ3n) is 3.16.